The van der Waals surface area contributed by atoms with Crippen molar-refractivity contribution in [2.75, 3.05) is 0 Å². The SMILES string of the molecule is CCCC(C)C(=O)Oc1cn(S(=O)(=O)c2ccccc2)c2ccc(Cl)cc12. The average molecular weight is 406 g/mol. The van der Waals surface area contributed by atoms with Crippen LogP contribution in [0.15, 0.2) is 59.6 Å². The molecule has 27 heavy (non-hydrogen) atoms. The molecule has 2 aromatic carbocycles. The van der Waals surface area contributed by atoms with Crippen molar-refractivity contribution in [1.29, 1.82) is 0 Å². The van der Waals surface area contributed by atoms with E-state index < -0.39 is 16.0 Å². The normalized spacial score (nSPS) is 12.9. The van der Waals surface area contributed by atoms with Crippen LogP contribution >= 0.6 is 11.6 Å². The van der Waals surface area contributed by atoms with Crippen LogP contribution in [-0.4, -0.2) is 18.4 Å². The van der Waals surface area contributed by atoms with Crippen LogP contribution in [0.5, 0.6) is 5.75 Å². The van der Waals surface area contributed by atoms with E-state index in [0.29, 0.717) is 22.3 Å². The molecular weight excluding hydrogens is 386 g/mol. The zero-order chi connectivity index (χ0) is 19.6. The van der Waals surface area contributed by atoms with Gasteiger partial charge in [0.2, 0.25) is 0 Å². The number of aromatic nitrogens is 1. The summed E-state index contributed by atoms with van der Waals surface area (Å²) < 4.78 is 32.8. The number of rotatable bonds is 6. The summed E-state index contributed by atoms with van der Waals surface area (Å²) in [5.41, 5.74) is 0.397. The summed E-state index contributed by atoms with van der Waals surface area (Å²) in [6.45, 7) is 3.78. The van der Waals surface area contributed by atoms with Gasteiger partial charge in [-0.05, 0) is 36.8 Å². The van der Waals surface area contributed by atoms with Crippen molar-refractivity contribution in [2.45, 2.75) is 31.6 Å². The summed E-state index contributed by atoms with van der Waals surface area (Å²) in [6.07, 6.45) is 2.88. The van der Waals surface area contributed by atoms with Gasteiger partial charge in [-0.1, -0.05) is 50.1 Å². The molecule has 0 bridgehead atoms. The van der Waals surface area contributed by atoms with Gasteiger partial charge >= 0.3 is 5.97 Å². The minimum Gasteiger partial charge on any atom is -0.424 e. The highest BCUT2D eigenvalue weighted by Gasteiger charge is 2.24. The minimum absolute atomic E-state index is 0.147. The van der Waals surface area contributed by atoms with Crippen molar-refractivity contribution in [2.24, 2.45) is 5.92 Å². The fourth-order valence-electron chi connectivity index (χ4n) is 2.89. The van der Waals surface area contributed by atoms with Gasteiger partial charge in [-0.15, -0.1) is 0 Å². The standard InChI is InChI=1S/C20H20ClNO4S/c1-3-7-14(2)20(23)26-19-13-22(18-11-10-15(21)12-17(18)19)27(24,25)16-8-5-4-6-9-16/h4-6,8-14H,3,7H2,1-2H3. The van der Waals surface area contributed by atoms with E-state index in [1.165, 1.54) is 18.3 Å². The van der Waals surface area contributed by atoms with Crippen LogP contribution in [0, 0.1) is 5.92 Å². The lowest BCUT2D eigenvalue weighted by atomic mass is 10.1. The summed E-state index contributed by atoms with van der Waals surface area (Å²) in [7, 11) is -3.84. The summed E-state index contributed by atoms with van der Waals surface area (Å²) >= 11 is 6.08. The van der Waals surface area contributed by atoms with Crippen LogP contribution in [0.4, 0.5) is 0 Å². The molecule has 1 heterocycles. The van der Waals surface area contributed by atoms with Gasteiger partial charge in [-0.2, -0.15) is 0 Å². The van der Waals surface area contributed by atoms with Gasteiger partial charge in [0.15, 0.2) is 5.75 Å². The van der Waals surface area contributed by atoms with E-state index in [1.807, 2.05) is 6.92 Å². The lowest BCUT2D eigenvalue weighted by molar-refractivity contribution is -0.138. The van der Waals surface area contributed by atoms with Gasteiger partial charge < -0.3 is 4.74 Å². The molecule has 0 saturated carbocycles. The molecular formula is C20H20ClNO4S. The Labute approximate surface area is 163 Å². The second-order valence-electron chi connectivity index (χ2n) is 6.38. The van der Waals surface area contributed by atoms with Gasteiger partial charge in [0.05, 0.1) is 22.5 Å². The van der Waals surface area contributed by atoms with E-state index in [1.54, 1.807) is 43.3 Å². The van der Waals surface area contributed by atoms with Gasteiger partial charge in [-0.25, -0.2) is 12.4 Å². The Hall–Kier alpha value is -2.31. The molecule has 0 aliphatic carbocycles. The largest absolute Gasteiger partial charge is 0.424 e. The van der Waals surface area contributed by atoms with Gasteiger partial charge in [0.1, 0.15) is 0 Å². The molecule has 0 fully saturated rings. The van der Waals surface area contributed by atoms with Crippen LogP contribution in [0.25, 0.3) is 10.9 Å². The molecule has 3 aromatic rings. The fraction of sp³-hybridized carbons (Fsp3) is 0.250. The molecule has 142 valence electrons. The van der Waals surface area contributed by atoms with Crippen molar-refractivity contribution in [3.05, 3.63) is 59.8 Å². The van der Waals surface area contributed by atoms with Crippen molar-refractivity contribution in [1.82, 2.24) is 3.97 Å². The van der Waals surface area contributed by atoms with E-state index in [4.69, 9.17) is 16.3 Å². The maximum atomic E-state index is 13.1. The smallest absolute Gasteiger partial charge is 0.314 e. The third kappa shape index (κ3) is 3.87. The van der Waals surface area contributed by atoms with Crippen molar-refractivity contribution in [3.63, 3.8) is 0 Å². The first kappa shape index (κ1) is 19.5. The molecule has 0 aliphatic heterocycles. The predicted molar refractivity (Wildman–Crippen MR) is 106 cm³/mol. The Bertz CT molecular complexity index is 1070. The Morgan fingerprint density at radius 1 is 1.19 bits per heavy atom. The molecule has 0 amide bonds. The van der Waals surface area contributed by atoms with Gasteiger partial charge in [-0.3, -0.25) is 4.79 Å². The Morgan fingerprint density at radius 3 is 2.56 bits per heavy atom. The lowest BCUT2D eigenvalue weighted by Crippen LogP contribution is -2.17. The van der Waals surface area contributed by atoms with E-state index in [0.717, 1.165) is 10.4 Å². The van der Waals surface area contributed by atoms with Crippen molar-refractivity contribution < 1.29 is 17.9 Å². The zero-order valence-electron chi connectivity index (χ0n) is 15.1. The average Bonchev–Trinajstić information content (AvgIpc) is 3.01. The second-order valence-corrected chi connectivity index (χ2v) is 8.63. The Morgan fingerprint density at radius 2 is 1.89 bits per heavy atom. The molecule has 0 radical (unpaired) electrons. The quantitative estimate of drug-likeness (QED) is 0.548. The highest BCUT2D eigenvalue weighted by atomic mass is 35.5. The highest BCUT2D eigenvalue weighted by molar-refractivity contribution is 7.90. The first-order valence-electron chi connectivity index (χ1n) is 8.67. The molecule has 0 spiro atoms. The lowest BCUT2D eigenvalue weighted by Gasteiger charge is -2.09. The van der Waals surface area contributed by atoms with E-state index in [9.17, 15) is 13.2 Å². The number of carbonyl (C=O) groups is 1. The topological polar surface area (TPSA) is 65.4 Å². The van der Waals surface area contributed by atoms with Crippen LogP contribution in [0.1, 0.15) is 26.7 Å². The minimum atomic E-state index is -3.84. The van der Waals surface area contributed by atoms with Crippen LogP contribution in [0.2, 0.25) is 5.02 Å². The molecule has 3 rings (SSSR count). The number of carbonyl (C=O) groups excluding carboxylic acids is 1. The summed E-state index contributed by atoms with van der Waals surface area (Å²) in [5.74, 6) is -0.494. The van der Waals surface area contributed by atoms with Crippen molar-refractivity contribution in [3.8, 4) is 5.75 Å². The monoisotopic (exact) mass is 405 g/mol. The number of nitrogens with zero attached hydrogens (tertiary/aromatic N) is 1. The number of benzene rings is 2. The molecule has 1 aromatic heterocycles. The first-order chi connectivity index (χ1) is 12.8. The number of hydrogen-bond donors (Lipinski definition) is 0. The second kappa shape index (κ2) is 7.74. The Balaban J connectivity index is 2.12. The number of fused-ring (bicyclic) bond motifs is 1. The maximum Gasteiger partial charge on any atom is 0.314 e. The van der Waals surface area contributed by atoms with E-state index >= 15 is 0 Å². The highest BCUT2D eigenvalue weighted by Crippen LogP contribution is 2.33. The van der Waals surface area contributed by atoms with E-state index in [-0.39, 0.29) is 16.6 Å². The third-order valence-electron chi connectivity index (χ3n) is 4.33. The zero-order valence-corrected chi connectivity index (χ0v) is 16.6. The fourth-order valence-corrected chi connectivity index (χ4v) is 4.44. The maximum absolute atomic E-state index is 13.1. The summed E-state index contributed by atoms with van der Waals surface area (Å²) in [6, 6.07) is 12.9. The molecule has 0 aliphatic rings. The van der Waals surface area contributed by atoms with Gasteiger partial charge in [0.25, 0.3) is 10.0 Å². The van der Waals surface area contributed by atoms with Crippen LogP contribution in [-0.2, 0) is 14.8 Å². The molecule has 5 nitrogen and oxygen atoms in total. The number of esters is 1. The molecule has 1 unspecified atom stereocenters. The number of hydrogen-bond acceptors (Lipinski definition) is 4. The third-order valence-corrected chi connectivity index (χ3v) is 6.25. The molecule has 0 N–H and O–H groups in total. The van der Waals surface area contributed by atoms with E-state index in [2.05, 4.69) is 0 Å². The summed E-state index contributed by atoms with van der Waals surface area (Å²) in [4.78, 5) is 12.5. The number of ether oxygens (including phenoxy) is 1. The predicted octanol–water partition coefficient (Wildman–Crippen LogP) is 4.87. The first-order valence-corrected chi connectivity index (χ1v) is 10.5. The molecule has 7 heteroatoms. The number of halogens is 1. The molecule has 1 atom stereocenters. The molecule has 0 saturated heterocycles. The summed E-state index contributed by atoms with van der Waals surface area (Å²) in [5, 5.41) is 0.898. The van der Waals surface area contributed by atoms with Gasteiger partial charge in [0, 0.05) is 10.4 Å². The Kier molecular flexibility index (Phi) is 5.58. The van der Waals surface area contributed by atoms with Crippen molar-refractivity contribution >= 4 is 38.5 Å². The van der Waals surface area contributed by atoms with Crippen LogP contribution < -0.4 is 4.74 Å². The van der Waals surface area contributed by atoms with Crippen LogP contribution in [0.3, 0.4) is 0 Å².